The van der Waals surface area contributed by atoms with Gasteiger partial charge >= 0.3 is 0 Å². The molecule has 0 aromatic rings. The van der Waals surface area contributed by atoms with Gasteiger partial charge in [0.2, 0.25) is 0 Å². The summed E-state index contributed by atoms with van der Waals surface area (Å²) < 4.78 is 0. The number of likely N-dealkylation sites (N-methyl/N-ethyl adjacent to an activating group) is 1. The minimum absolute atomic E-state index is 0.0953. The SMILES string of the molecule is CCCCCCCCCCCCCCCC(=O)C(C(=O)CCCCCCCCCCCCCCC)N(O)CC. The van der Waals surface area contributed by atoms with Crippen molar-refractivity contribution in [3.63, 3.8) is 0 Å². The van der Waals surface area contributed by atoms with E-state index in [4.69, 9.17) is 0 Å². The molecule has 0 spiro atoms. The highest BCUT2D eigenvalue weighted by molar-refractivity contribution is 6.06. The fourth-order valence-electron chi connectivity index (χ4n) is 5.60. The molecule has 0 aliphatic rings. The molecule has 4 nitrogen and oxygen atoms in total. The van der Waals surface area contributed by atoms with Crippen LogP contribution in [0.1, 0.15) is 201 Å². The Morgan fingerprint density at radius 2 is 0.667 bits per heavy atom. The highest BCUT2D eigenvalue weighted by atomic mass is 16.5. The monoisotopic (exact) mass is 552 g/mol. The first-order valence-electron chi connectivity index (χ1n) is 17.6. The lowest BCUT2D eigenvalue weighted by Crippen LogP contribution is -2.45. The van der Waals surface area contributed by atoms with Gasteiger partial charge in [-0.1, -0.05) is 175 Å². The summed E-state index contributed by atoms with van der Waals surface area (Å²) in [5, 5.41) is 11.2. The summed E-state index contributed by atoms with van der Waals surface area (Å²) in [6.45, 7) is 6.63. The Balaban J connectivity index is 3.83. The van der Waals surface area contributed by atoms with Gasteiger partial charge in [0.05, 0.1) is 0 Å². The summed E-state index contributed by atoms with van der Waals surface area (Å²) in [6, 6.07) is -0.954. The number of carbonyl (C=O) groups excluding carboxylic acids is 2. The number of rotatable bonds is 32. The first kappa shape index (κ1) is 38.3. The van der Waals surface area contributed by atoms with Gasteiger partial charge in [0.1, 0.15) is 0 Å². The molecule has 0 radical (unpaired) electrons. The average Bonchev–Trinajstić information content (AvgIpc) is 2.93. The van der Waals surface area contributed by atoms with Crippen molar-refractivity contribution in [1.82, 2.24) is 5.06 Å². The van der Waals surface area contributed by atoms with Crippen LogP contribution >= 0.6 is 0 Å². The molecule has 0 unspecified atom stereocenters. The molecule has 0 saturated heterocycles. The van der Waals surface area contributed by atoms with Crippen molar-refractivity contribution in [1.29, 1.82) is 0 Å². The molecule has 0 aromatic carbocycles. The lowest BCUT2D eigenvalue weighted by molar-refractivity contribution is -0.161. The molecule has 0 aliphatic heterocycles. The smallest absolute Gasteiger partial charge is 0.159 e. The topological polar surface area (TPSA) is 57.6 Å². The fourth-order valence-corrected chi connectivity index (χ4v) is 5.60. The van der Waals surface area contributed by atoms with Crippen molar-refractivity contribution >= 4 is 11.6 Å². The van der Waals surface area contributed by atoms with Crippen LogP contribution in [0.4, 0.5) is 0 Å². The van der Waals surface area contributed by atoms with Crippen molar-refractivity contribution in [3.05, 3.63) is 0 Å². The van der Waals surface area contributed by atoms with Gasteiger partial charge in [-0.3, -0.25) is 9.59 Å². The number of Topliss-reactive ketones (excluding diaryl/α,β-unsaturated/α-hetero) is 2. The van der Waals surface area contributed by atoms with E-state index in [0.29, 0.717) is 19.4 Å². The van der Waals surface area contributed by atoms with Crippen LogP contribution in [0, 0.1) is 0 Å². The van der Waals surface area contributed by atoms with E-state index >= 15 is 0 Å². The standard InChI is InChI=1S/C35H69NO3/c1-4-7-9-11-13-15-17-19-21-23-25-27-29-31-33(37)35(36(39)6-3)34(38)32-30-28-26-24-22-20-18-16-14-12-10-8-5-2/h35,39H,4-32H2,1-3H3. The second-order valence-corrected chi connectivity index (χ2v) is 12.1. The van der Waals surface area contributed by atoms with Crippen LogP contribution in [0.5, 0.6) is 0 Å². The van der Waals surface area contributed by atoms with Crippen LogP contribution in [0.3, 0.4) is 0 Å². The number of hydrogen-bond donors (Lipinski definition) is 1. The largest absolute Gasteiger partial charge is 0.313 e. The molecule has 0 saturated carbocycles. The summed E-state index contributed by atoms with van der Waals surface area (Å²) in [5.41, 5.74) is 0. The molecular formula is C35H69NO3. The average molecular weight is 552 g/mol. The Kier molecular flexibility index (Phi) is 29.7. The van der Waals surface area contributed by atoms with Gasteiger partial charge in [-0.05, 0) is 12.8 Å². The first-order chi connectivity index (χ1) is 19.1. The van der Waals surface area contributed by atoms with E-state index in [9.17, 15) is 14.8 Å². The molecule has 232 valence electrons. The molecule has 0 aliphatic carbocycles. The molecule has 0 atom stereocenters. The lowest BCUT2D eigenvalue weighted by atomic mass is 9.97. The minimum Gasteiger partial charge on any atom is -0.313 e. The molecule has 1 N–H and O–H groups in total. The summed E-state index contributed by atoms with van der Waals surface area (Å²) in [5.74, 6) is -0.191. The summed E-state index contributed by atoms with van der Waals surface area (Å²) >= 11 is 0. The third-order valence-electron chi connectivity index (χ3n) is 8.29. The highest BCUT2D eigenvalue weighted by Crippen LogP contribution is 2.16. The van der Waals surface area contributed by atoms with Gasteiger partial charge in [0.25, 0.3) is 0 Å². The van der Waals surface area contributed by atoms with Gasteiger partial charge in [-0.15, -0.1) is 0 Å². The van der Waals surface area contributed by atoms with Crippen molar-refractivity contribution in [2.45, 2.75) is 207 Å². The van der Waals surface area contributed by atoms with Crippen molar-refractivity contribution in [3.8, 4) is 0 Å². The minimum atomic E-state index is -0.954. The fraction of sp³-hybridized carbons (Fsp3) is 0.943. The summed E-state index contributed by atoms with van der Waals surface area (Å²) in [4.78, 5) is 25.6. The molecule has 0 amide bonds. The predicted octanol–water partition coefficient (Wildman–Crippen LogP) is 11.2. The first-order valence-corrected chi connectivity index (χ1v) is 17.6. The van der Waals surface area contributed by atoms with Gasteiger partial charge in [-0.2, -0.15) is 5.06 Å². The van der Waals surface area contributed by atoms with Crippen LogP contribution < -0.4 is 0 Å². The summed E-state index contributed by atoms with van der Waals surface area (Å²) in [6.07, 6.45) is 33.9. The number of hydrogen-bond acceptors (Lipinski definition) is 4. The lowest BCUT2D eigenvalue weighted by Gasteiger charge is -2.22. The Labute approximate surface area is 244 Å². The molecule has 0 fully saturated rings. The Bertz CT molecular complexity index is 494. The second-order valence-electron chi connectivity index (χ2n) is 12.1. The predicted molar refractivity (Wildman–Crippen MR) is 169 cm³/mol. The maximum absolute atomic E-state index is 12.8. The van der Waals surface area contributed by atoms with Crippen molar-refractivity contribution < 1.29 is 14.8 Å². The quantitative estimate of drug-likeness (QED) is 0.0513. The molecule has 0 bridgehead atoms. The molecule has 0 aromatic heterocycles. The van der Waals surface area contributed by atoms with Gasteiger partial charge in [-0.25, -0.2) is 0 Å². The normalized spacial score (nSPS) is 11.6. The number of carbonyl (C=O) groups is 2. The van der Waals surface area contributed by atoms with Crippen LogP contribution in [0.2, 0.25) is 0 Å². The van der Waals surface area contributed by atoms with E-state index < -0.39 is 6.04 Å². The zero-order chi connectivity index (χ0) is 28.8. The van der Waals surface area contributed by atoms with E-state index in [2.05, 4.69) is 13.8 Å². The van der Waals surface area contributed by atoms with Gasteiger partial charge < -0.3 is 5.21 Å². The number of ketones is 2. The van der Waals surface area contributed by atoms with E-state index in [1.54, 1.807) is 6.92 Å². The van der Waals surface area contributed by atoms with Crippen molar-refractivity contribution in [2.24, 2.45) is 0 Å². The van der Waals surface area contributed by atoms with E-state index in [1.807, 2.05) is 0 Å². The van der Waals surface area contributed by atoms with E-state index in [-0.39, 0.29) is 11.6 Å². The molecule has 39 heavy (non-hydrogen) atoms. The van der Waals surface area contributed by atoms with Crippen LogP contribution in [0.25, 0.3) is 0 Å². The van der Waals surface area contributed by atoms with E-state index in [1.165, 1.54) is 128 Å². The molecular weight excluding hydrogens is 482 g/mol. The zero-order valence-corrected chi connectivity index (χ0v) is 26.8. The van der Waals surface area contributed by atoms with Crippen molar-refractivity contribution in [2.75, 3.05) is 6.54 Å². The van der Waals surface area contributed by atoms with Gasteiger partial charge in [0, 0.05) is 19.4 Å². The zero-order valence-electron chi connectivity index (χ0n) is 26.8. The number of hydroxylamine groups is 2. The van der Waals surface area contributed by atoms with E-state index in [0.717, 1.165) is 43.6 Å². The molecule has 4 heteroatoms. The Morgan fingerprint density at radius 3 is 0.897 bits per heavy atom. The molecule has 0 rings (SSSR count). The van der Waals surface area contributed by atoms with Crippen LogP contribution in [-0.2, 0) is 9.59 Å². The van der Waals surface area contributed by atoms with Crippen LogP contribution in [0.15, 0.2) is 0 Å². The number of nitrogens with zero attached hydrogens (tertiary/aromatic N) is 1. The Hall–Kier alpha value is -0.740. The Morgan fingerprint density at radius 1 is 0.436 bits per heavy atom. The number of unbranched alkanes of at least 4 members (excludes halogenated alkanes) is 24. The maximum Gasteiger partial charge on any atom is 0.159 e. The highest BCUT2D eigenvalue weighted by Gasteiger charge is 2.30. The van der Waals surface area contributed by atoms with Crippen LogP contribution in [-0.4, -0.2) is 34.4 Å². The molecule has 0 heterocycles. The summed E-state index contributed by atoms with van der Waals surface area (Å²) in [7, 11) is 0. The second kappa shape index (κ2) is 30.2. The van der Waals surface area contributed by atoms with Gasteiger partial charge in [0.15, 0.2) is 17.6 Å². The third kappa shape index (κ3) is 24.8. The third-order valence-corrected chi connectivity index (χ3v) is 8.29. The maximum atomic E-state index is 12.8.